The molecule has 0 aliphatic carbocycles. The third kappa shape index (κ3) is 3.39. The van der Waals surface area contributed by atoms with Gasteiger partial charge < -0.3 is 15.5 Å². The molecule has 0 saturated carbocycles. The Hall–Kier alpha value is -2.22. The van der Waals surface area contributed by atoms with Crippen molar-refractivity contribution >= 4 is 17.5 Å². The van der Waals surface area contributed by atoms with E-state index >= 15 is 0 Å². The van der Waals surface area contributed by atoms with E-state index in [4.69, 9.17) is 10.2 Å². The molecular weight excluding hydrogens is 242 g/mol. The first kappa shape index (κ1) is 13.8. The highest BCUT2D eigenvalue weighted by Crippen LogP contribution is 2.19. The van der Waals surface area contributed by atoms with Crippen molar-refractivity contribution < 1.29 is 19.9 Å². The zero-order chi connectivity index (χ0) is 13.7. The number of carboxylic acid groups (broad SMARTS) is 1. The number of aromatic nitrogens is 1. The summed E-state index contributed by atoms with van der Waals surface area (Å²) in [4.78, 5) is 24.5. The van der Waals surface area contributed by atoms with Gasteiger partial charge in [-0.05, 0) is 5.92 Å². The minimum atomic E-state index is -1.30. The van der Waals surface area contributed by atoms with Gasteiger partial charge in [0.2, 0.25) is 0 Å². The molecule has 18 heavy (non-hydrogen) atoms. The van der Waals surface area contributed by atoms with Gasteiger partial charge in [0.05, 0.1) is 4.92 Å². The number of carbonyl (C=O) groups is 1. The fraction of sp³-hybridized carbons (Fsp3) is 0.400. The van der Waals surface area contributed by atoms with Crippen molar-refractivity contribution in [1.29, 1.82) is 0 Å². The zero-order valence-electron chi connectivity index (χ0n) is 9.66. The second-order valence-electron chi connectivity index (χ2n) is 3.82. The van der Waals surface area contributed by atoms with Crippen molar-refractivity contribution in [3.63, 3.8) is 0 Å². The van der Waals surface area contributed by atoms with Gasteiger partial charge in [0, 0.05) is 19.2 Å². The van der Waals surface area contributed by atoms with E-state index < -0.39 is 10.9 Å². The Morgan fingerprint density at radius 3 is 2.83 bits per heavy atom. The average molecular weight is 255 g/mol. The standard InChI is InChI=1S/C10H13N3O5/c1-6(5-14)3-11-9-8(10(15)16)2-7(4-12-9)13(17)18/h2,4,6,14H,3,5H2,1H3,(H,11,12)(H,15,16). The summed E-state index contributed by atoms with van der Waals surface area (Å²) in [6.07, 6.45) is 0.985. The first-order valence-corrected chi connectivity index (χ1v) is 5.18. The Morgan fingerprint density at radius 1 is 1.67 bits per heavy atom. The highest BCUT2D eigenvalue weighted by Gasteiger charge is 2.17. The van der Waals surface area contributed by atoms with Crippen LogP contribution in [-0.2, 0) is 0 Å². The second-order valence-corrected chi connectivity index (χ2v) is 3.82. The lowest BCUT2D eigenvalue weighted by Crippen LogP contribution is -2.17. The van der Waals surface area contributed by atoms with Crippen molar-refractivity contribution in [2.24, 2.45) is 5.92 Å². The molecule has 1 aromatic heterocycles. The van der Waals surface area contributed by atoms with Gasteiger partial charge in [-0.1, -0.05) is 6.92 Å². The highest BCUT2D eigenvalue weighted by molar-refractivity contribution is 5.93. The molecule has 0 saturated heterocycles. The summed E-state index contributed by atoms with van der Waals surface area (Å²) < 4.78 is 0. The number of hydrogen-bond acceptors (Lipinski definition) is 6. The first-order valence-electron chi connectivity index (χ1n) is 5.18. The fourth-order valence-corrected chi connectivity index (χ4v) is 1.19. The van der Waals surface area contributed by atoms with Gasteiger partial charge >= 0.3 is 5.97 Å². The summed E-state index contributed by atoms with van der Waals surface area (Å²) in [5.74, 6) is -1.33. The van der Waals surface area contributed by atoms with E-state index in [9.17, 15) is 14.9 Å². The molecule has 0 radical (unpaired) electrons. The number of anilines is 1. The van der Waals surface area contributed by atoms with Crippen LogP contribution in [0.5, 0.6) is 0 Å². The van der Waals surface area contributed by atoms with E-state index in [-0.39, 0.29) is 29.6 Å². The van der Waals surface area contributed by atoms with Crippen molar-refractivity contribution in [3.8, 4) is 0 Å². The van der Waals surface area contributed by atoms with Gasteiger partial charge in [-0.2, -0.15) is 0 Å². The van der Waals surface area contributed by atoms with E-state index in [0.29, 0.717) is 6.54 Å². The third-order valence-electron chi connectivity index (χ3n) is 2.24. The van der Waals surface area contributed by atoms with E-state index in [1.165, 1.54) is 0 Å². The van der Waals surface area contributed by atoms with Crippen LogP contribution < -0.4 is 5.32 Å². The summed E-state index contributed by atoms with van der Waals surface area (Å²) in [6.45, 7) is 2.03. The van der Waals surface area contributed by atoms with Crippen molar-refractivity contribution in [2.75, 3.05) is 18.5 Å². The van der Waals surface area contributed by atoms with Crippen molar-refractivity contribution in [3.05, 3.63) is 27.9 Å². The number of aromatic carboxylic acids is 1. The number of carboxylic acids is 1. The molecular formula is C10H13N3O5. The molecule has 0 bridgehead atoms. The number of pyridine rings is 1. The number of hydrogen-bond donors (Lipinski definition) is 3. The third-order valence-corrected chi connectivity index (χ3v) is 2.24. The van der Waals surface area contributed by atoms with Gasteiger partial charge in [0.1, 0.15) is 17.6 Å². The molecule has 0 aliphatic rings. The maximum atomic E-state index is 11.0. The predicted octanol–water partition coefficient (Wildman–Crippen LogP) is 0.728. The summed E-state index contributed by atoms with van der Waals surface area (Å²) in [5.41, 5.74) is -0.650. The highest BCUT2D eigenvalue weighted by atomic mass is 16.6. The van der Waals surface area contributed by atoms with Gasteiger partial charge in [-0.25, -0.2) is 9.78 Å². The van der Waals surface area contributed by atoms with E-state index in [1.807, 2.05) is 0 Å². The fourth-order valence-electron chi connectivity index (χ4n) is 1.19. The Morgan fingerprint density at radius 2 is 2.33 bits per heavy atom. The molecule has 3 N–H and O–H groups in total. The van der Waals surface area contributed by atoms with Crippen molar-refractivity contribution in [1.82, 2.24) is 4.98 Å². The molecule has 0 amide bonds. The molecule has 1 aromatic rings. The minimum Gasteiger partial charge on any atom is -0.478 e. The summed E-state index contributed by atoms with van der Waals surface area (Å²) in [7, 11) is 0. The average Bonchev–Trinajstić information content (AvgIpc) is 2.35. The van der Waals surface area contributed by atoms with E-state index in [0.717, 1.165) is 12.3 Å². The van der Waals surface area contributed by atoms with Gasteiger partial charge in [-0.3, -0.25) is 10.1 Å². The van der Waals surface area contributed by atoms with Crippen LogP contribution in [0.15, 0.2) is 12.3 Å². The normalized spacial score (nSPS) is 11.9. The van der Waals surface area contributed by atoms with Crippen molar-refractivity contribution in [2.45, 2.75) is 6.92 Å². The smallest absolute Gasteiger partial charge is 0.339 e. The molecule has 1 unspecified atom stereocenters. The maximum Gasteiger partial charge on any atom is 0.339 e. The molecule has 0 aromatic carbocycles. The molecule has 8 heteroatoms. The van der Waals surface area contributed by atoms with E-state index in [2.05, 4.69) is 10.3 Å². The quantitative estimate of drug-likeness (QED) is 0.505. The lowest BCUT2D eigenvalue weighted by Gasteiger charge is -2.11. The number of nitro groups is 1. The van der Waals surface area contributed by atoms with Crippen LogP contribution in [0, 0.1) is 16.0 Å². The Balaban J connectivity index is 2.97. The monoisotopic (exact) mass is 255 g/mol. The zero-order valence-corrected chi connectivity index (χ0v) is 9.66. The Labute approximate surface area is 102 Å². The van der Waals surface area contributed by atoms with E-state index in [1.54, 1.807) is 6.92 Å². The van der Waals surface area contributed by atoms with Gasteiger partial charge in [0.25, 0.3) is 5.69 Å². The molecule has 8 nitrogen and oxygen atoms in total. The number of nitrogens with one attached hydrogen (secondary N) is 1. The Kier molecular flexibility index (Phi) is 4.55. The molecule has 98 valence electrons. The second kappa shape index (κ2) is 5.92. The van der Waals surface area contributed by atoms with Crippen LogP contribution in [0.25, 0.3) is 0 Å². The lowest BCUT2D eigenvalue weighted by atomic mass is 10.2. The summed E-state index contributed by atoms with van der Waals surface area (Å²) in [6, 6.07) is 0.946. The van der Waals surface area contributed by atoms with Crippen LogP contribution in [0.2, 0.25) is 0 Å². The lowest BCUT2D eigenvalue weighted by molar-refractivity contribution is -0.385. The van der Waals surface area contributed by atoms with Crippen LogP contribution in [0.4, 0.5) is 11.5 Å². The molecule has 1 atom stereocenters. The number of aliphatic hydroxyl groups is 1. The number of aliphatic hydroxyl groups excluding tert-OH is 1. The van der Waals surface area contributed by atoms with Gasteiger partial charge in [-0.15, -0.1) is 0 Å². The predicted molar refractivity (Wildman–Crippen MR) is 62.6 cm³/mol. The summed E-state index contributed by atoms with van der Waals surface area (Å²) >= 11 is 0. The van der Waals surface area contributed by atoms with Crippen LogP contribution in [-0.4, -0.2) is 39.2 Å². The molecule has 0 aliphatic heterocycles. The first-order chi connectivity index (χ1) is 8.45. The molecule has 0 fully saturated rings. The Bertz CT molecular complexity index is 463. The van der Waals surface area contributed by atoms with Crippen LogP contribution in [0.1, 0.15) is 17.3 Å². The van der Waals surface area contributed by atoms with Crippen LogP contribution in [0.3, 0.4) is 0 Å². The van der Waals surface area contributed by atoms with Crippen LogP contribution >= 0.6 is 0 Å². The number of nitrogens with zero attached hydrogens (tertiary/aromatic N) is 2. The molecule has 1 rings (SSSR count). The molecule has 0 spiro atoms. The van der Waals surface area contributed by atoms with Gasteiger partial charge in [0.15, 0.2) is 0 Å². The largest absolute Gasteiger partial charge is 0.478 e. The minimum absolute atomic E-state index is 0.0494. The summed E-state index contributed by atoms with van der Waals surface area (Å²) in [5, 5.41) is 31.0. The topological polar surface area (TPSA) is 126 Å². The maximum absolute atomic E-state index is 11.0. The molecule has 1 heterocycles. The number of rotatable bonds is 6. The SMILES string of the molecule is CC(CO)CNc1ncc([N+](=O)[O-])cc1C(=O)O.